The van der Waals surface area contributed by atoms with Gasteiger partial charge in [-0.15, -0.1) is 0 Å². The molecule has 0 aromatic carbocycles. The molecule has 2 aliphatic heterocycles. The molecular weight excluding hydrogens is 224 g/mol. The van der Waals surface area contributed by atoms with Gasteiger partial charge in [0.2, 0.25) is 0 Å². The monoisotopic (exact) mass is 254 g/mol. The SMILES string of the molecule is CN(CC1CCCO1)CC(C)(C)C1CCCNC1. The Bertz CT molecular complexity index is 243. The summed E-state index contributed by atoms with van der Waals surface area (Å²) in [4.78, 5) is 2.48. The van der Waals surface area contributed by atoms with Gasteiger partial charge < -0.3 is 15.0 Å². The molecule has 3 heteroatoms. The average Bonchev–Trinajstić information content (AvgIpc) is 2.82. The number of piperidine rings is 1. The highest BCUT2D eigenvalue weighted by atomic mass is 16.5. The first-order valence-corrected chi connectivity index (χ1v) is 7.59. The summed E-state index contributed by atoms with van der Waals surface area (Å²) in [6.07, 6.45) is 5.69. The van der Waals surface area contributed by atoms with Crippen LogP contribution in [0.15, 0.2) is 0 Å². The molecule has 2 aliphatic rings. The van der Waals surface area contributed by atoms with Gasteiger partial charge in [-0.3, -0.25) is 0 Å². The lowest BCUT2D eigenvalue weighted by Crippen LogP contribution is -2.45. The summed E-state index contributed by atoms with van der Waals surface area (Å²) in [5.74, 6) is 0.818. The maximum atomic E-state index is 5.73. The zero-order valence-corrected chi connectivity index (χ0v) is 12.4. The summed E-state index contributed by atoms with van der Waals surface area (Å²) >= 11 is 0. The highest BCUT2D eigenvalue weighted by Crippen LogP contribution is 2.32. The Morgan fingerprint density at radius 2 is 2.11 bits per heavy atom. The van der Waals surface area contributed by atoms with Gasteiger partial charge in [-0.25, -0.2) is 0 Å². The van der Waals surface area contributed by atoms with Crippen molar-refractivity contribution < 1.29 is 4.74 Å². The second-order valence-electron chi connectivity index (χ2n) is 6.86. The molecule has 2 unspecified atom stereocenters. The van der Waals surface area contributed by atoms with E-state index in [4.69, 9.17) is 4.74 Å². The third-order valence-corrected chi connectivity index (χ3v) is 4.62. The van der Waals surface area contributed by atoms with E-state index in [-0.39, 0.29) is 0 Å². The first-order valence-electron chi connectivity index (χ1n) is 7.59. The van der Waals surface area contributed by atoms with Crippen LogP contribution in [0.2, 0.25) is 0 Å². The number of hydrogen-bond donors (Lipinski definition) is 1. The van der Waals surface area contributed by atoms with Crippen molar-refractivity contribution in [2.75, 3.05) is 39.8 Å². The van der Waals surface area contributed by atoms with E-state index in [0.29, 0.717) is 11.5 Å². The minimum Gasteiger partial charge on any atom is -0.377 e. The van der Waals surface area contributed by atoms with Crippen LogP contribution in [0.25, 0.3) is 0 Å². The first kappa shape index (κ1) is 14.3. The van der Waals surface area contributed by atoms with Crippen LogP contribution in [-0.2, 0) is 4.74 Å². The van der Waals surface area contributed by atoms with Crippen LogP contribution < -0.4 is 5.32 Å². The molecular formula is C15H30N2O. The van der Waals surface area contributed by atoms with Crippen molar-refractivity contribution in [1.29, 1.82) is 0 Å². The number of likely N-dealkylation sites (N-methyl/N-ethyl adjacent to an activating group) is 1. The molecule has 18 heavy (non-hydrogen) atoms. The lowest BCUT2D eigenvalue weighted by molar-refractivity contribution is 0.0541. The molecule has 1 N–H and O–H groups in total. The fourth-order valence-corrected chi connectivity index (χ4v) is 3.54. The molecule has 0 amide bonds. The van der Waals surface area contributed by atoms with Crippen LogP contribution in [0.4, 0.5) is 0 Å². The van der Waals surface area contributed by atoms with Crippen molar-refractivity contribution in [3.63, 3.8) is 0 Å². The Morgan fingerprint density at radius 1 is 1.28 bits per heavy atom. The van der Waals surface area contributed by atoms with Gasteiger partial charge in [0, 0.05) is 19.7 Å². The van der Waals surface area contributed by atoms with Gasteiger partial charge >= 0.3 is 0 Å². The highest BCUT2D eigenvalue weighted by molar-refractivity contribution is 4.85. The first-order chi connectivity index (χ1) is 8.58. The van der Waals surface area contributed by atoms with E-state index < -0.39 is 0 Å². The largest absolute Gasteiger partial charge is 0.377 e. The van der Waals surface area contributed by atoms with E-state index in [1.165, 1.54) is 45.3 Å². The third-order valence-electron chi connectivity index (χ3n) is 4.62. The van der Waals surface area contributed by atoms with Crippen molar-refractivity contribution in [3.8, 4) is 0 Å². The smallest absolute Gasteiger partial charge is 0.0702 e. The van der Waals surface area contributed by atoms with Crippen molar-refractivity contribution >= 4 is 0 Å². The fraction of sp³-hybridized carbons (Fsp3) is 1.00. The van der Waals surface area contributed by atoms with Gasteiger partial charge in [0.1, 0.15) is 0 Å². The van der Waals surface area contributed by atoms with Crippen molar-refractivity contribution in [3.05, 3.63) is 0 Å². The molecule has 0 spiro atoms. The van der Waals surface area contributed by atoms with Crippen LogP contribution in [-0.4, -0.2) is 50.8 Å². The summed E-state index contributed by atoms with van der Waals surface area (Å²) in [5.41, 5.74) is 0.404. The van der Waals surface area contributed by atoms with Gasteiger partial charge in [0.05, 0.1) is 6.10 Å². The number of nitrogens with zero attached hydrogens (tertiary/aromatic N) is 1. The lowest BCUT2D eigenvalue weighted by atomic mass is 9.74. The molecule has 2 atom stereocenters. The molecule has 0 radical (unpaired) electrons. The fourth-order valence-electron chi connectivity index (χ4n) is 3.54. The summed E-state index contributed by atoms with van der Waals surface area (Å²) < 4.78 is 5.73. The molecule has 0 aromatic rings. The van der Waals surface area contributed by atoms with E-state index >= 15 is 0 Å². The summed E-state index contributed by atoms with van der Waals surface area (Å²) in [7, 11) is 2.25. The Kier molecular flexibility index (Phi) is 5.05. The van der Waals surface area contributed by atoms with Crippen LogP contribution >= 0.6 is 0 Å². The Hall–Kier alpha value is -0.120. The highest BCUT2D eigenvalue weighted by Gasteiger charge is 2.32. The van der Waals surface area contributed by atoms with Crippen LogP contribution in [0.3, 0.4) is 0 Å². The summed E-state index contributed by atoms with van der Waals surface area (Å²) in [6.45, 7) is 10.5. The molecule has 2 saturated heterocycles. The minimum absolute atomic E-state index is 0.404. The summed E-state index contributed by atoms with van der Waals surface area (Å²) in [5, 5.41) is 3.54. The minimum atomic E-state index is 0.404. The van der Waals surface area contributed by atoms with Crippen molar-refractivity contribution in [2.45, 2.75) is 45.6 Å². The Morgan fingerprint density at radius 3 is 2.72 bits per heavy atom. The third kappa shape index (κ3) is 3.94. The zero-order chi connectivity index (χ0) is 13.0. The van der Waals surface area contributed by atoms with Crippen LogP contribution in [0, 0.1) is 11.3 Å². The second-order valence-corrected chi connectivity index (χ2v) is 6.86. The predicted octanol–water partition coefficient (Wildman–Crippen LogP) is 2.12. The Balaban J connectivity index is 1.78. The second kappa shape index (κ2) is 6.36. The van der Waals surface area contributed by atoms with E-state index in [1.807, 2.05) is 0 Å². The van der Waals surface area contributed by atoms with Crippen LogP contribution in [0.1, 0.15) is 39.5 Å². The number of rotatable bonds is 5. The normalized spacial score (nSPS) is 30.0. The molecule has 2 fully saturated rings. The van der Waals surface area contributed by atoms with Gasteiger partial charge in [-0.05, 0) is 57.2 Å². The van der Waals surface area contributed by atoms with E-state index in [9.17, 15) is 0 Å². The van der Waals surface area contributed by atoms with Gasteiger partial charge in [0.25, 0.3) is 0 Å². The van der Waals surface area contributed by atoms with Crippen molar-refractivity contribution in [2.24, 2.45) is 11.3 Å². The number of nitrogens with one attached hydrogen (secondary N) is 1. The van der Waals surface area contributed by atoms with Gasteiger partial charge in [-0.1, -0.05) is 13.8 Å². The quantitative estimate of drug-likeness (QED) is 0.813. The van der Waals surface area contributed by atoms with E-state index in [1.54, 1.807) is 0 Å². The molecule has 0 aliphatic carbocycles. The molecule has 3 nitrogen and oxygen atoms in total. The van der Waals surface area contributed by atoms with Crippen molar-refractivity contribution in [1.82, 2.24) is 10.2 Å². The topological polar surface area (TPSA) is 24.5 Å². The van der Waals surface area contributed by atoms with Crippen LogP contribution in [0.5, 0.6) is 0 Å². The predicted molar refractivity (Wildman–Crippen MR) is 75.8 cm³/mol. The maximum Gasteiger partial charge on any atom is 0.0702 e. The standard InChI is InChI=1S/C15H30N2O/c1-15(2,13-6-4-8-16-10-13)12-17(3)11-14-7-5-9-18-14/h13-14,16H,4-12H2,1-3H3. The number of ether oxygens (including phenoxy) is 1. The molecule has 0 aromatic heterocycles. The van der Waals surface area contributed by atoms with Gasteiger partial charge in [0.15, 0.2) is 0 Å². The molecule has 0 saturated carbocycles. The molecule has 0 bridgehead atoms. The van der Waals surface area contributed by atoms with E-state index in [0.717, 1.165) is 19.1 Å². The summed E-state index contributed by atoms with van der Waals surface area (Å²) in [6, 6.07) is 0. The maximum absolute atomic E-state index is 5.73. The molecule has 106 valence electrons. The average molecular weight is 254 g/mol. The lowest BCUT2D eigenvalue weighted by Gasteiger charge is -2.40. The zero-order valence-electron chi connectivity index (χ0n) is 12.4. The van der Waals surface area contributed by atoms with E-state index in [2.05, 4.69) is 31.1 Å². The number of hydrogen-bond acceptors (Lipinski definition) is 3. The molecule has 2 rings (SSSR count). The van der Waals surface area contributed by atoms with Gasteiger partial charge in [-0.2, -0.15) is 0 Å². The molecule has 2 heterocycles. The Labute approximate surface area is 112 Å².